The molecule has 0 bridgehead atoms. The van der Waals surface area contributed by atoms with Crippen molar-refractivity contribution in [2.75, 3.05) is 18.6 Å². The van der Waals surface area contributed by atoms with Crippen molar-refractivity contribution in [3.8, 4) is 0 Å². The molecule has 0 amide bonds. The lowest BCUT2D eigenvalue weighted by atomic mass is 10.1. The zero-order valence-electron chi connectivity index (χ0n) is 11.0. The van der Waals surface area contributed by atoms with Crippen LogP contribution in [0.1, 0.15) is 30.5 Å². The van der Waals surface area contributed by atoms with Gasteiger partial charge in [-0.15, -0.1) is 0 Å². The van der Waals surface area contributed by atoms with Crippen molar-refractivity contribution in [2.45, 2.75) is 26.3 Å². The molecule has 1 rings (SSSR count). The number of hydrogen-bond donors (Lipinski definition) is 1. The average Bonchev–Trinajstić information content (AvgIpc) is 2.26. The van der Waals surface area contributed by atoms with E-state index in [1.807, 2.05) is 6.92 Å². The van der Waals surface area contributed by atoms with Crippen molar-refractivity contribution in [2.24, 2.45) is 0 Å². The number of nitrogens with one attached hydrogen (secondary N) is 1. The SMILES string of the molecule is CCCNC(CS(C)(=O)=O)c1ccc(F)c(C)c1. The Kier molecular flexibility index (Phi) is 5.28. The molecule has 18 heavy (non-hydrogen) atoms. The van der Waals surface area contributed by atoms with Gasteiger partial charge in [-0.05, 0) is 37.1 Å². The Bertz CT molecular complexity index is 500. The van der Waals surface area contributed by atoms with Gasteiger partial charge in [-0.25, -0.2) is 12.8 Å². The van der Waals surface area contributed by atoms with Crippen molar-refractivity contribution in [3.63, 3.8) is 0 Å². The molecule has 1 N–H and O–H groups in total. The van der Waals surface area contributed by atoms with Crippen LogP contribution in [-0.2, 0) is 9.84 Å². The second-order valence-electron chi connectivity index (χ2n) is 4.61. The fourth-order valence-electron chi connectivity index (χ4n) is 1.78. The molecule has 0 heterocycles. The lowest BCUT2D eigenvalue weighted by molar-refractivity contribution is 0.547. The summed E-state index contributed by atoms with van der Waals surface area (Å²) in [6.07, 6.45) is 2.13. The van der Waals surface area contributed by atoms with Gasteiger partial charge in [0.2, 0.25) is 0 Å². The molecular formula is C13H20FNO2S. The number of hydrogen-bond acceptors (Lipinski definition) is 3. The molecule has 1 aromatic rings. The molecular weight excluding hydrogens is 253 g/mol. The summed E-state index contributed by atoms with van der Waals surface area (Å²) in [5, 5.41) is 3.19. The summed E-state index contributed by atoms with van der Waals surface area (Å²) in [7, 11) is -3.08. The maximum atomic E-state index is 13.2. The maximum absolute atomic E-state index is 13.2. The van der Waals surface area contributed by atoms with Crippen LogP contribution >= 0.6 is 0 Å². The van der Waals surface area contributed by atoms with Gasteiger partial charge in [-0.3, -0.25) is 0 Å². The first-order chi connectivity index (χ1) is 8.33. The summed E-state index contributed by atoms with van der Waals surface area (Å²) in [5.74, 6) is -0.245. The monoisotopic (exact) mass is 273 g/mol. The van der Waals surface area contributed by atoms with Crippen LogP contribution in [0.2, 0.25) is 0 Å². The molecule has 1 atom stereocenters. The minimum absolute atomic E-state index is 0.0259. The Labute approximate surface area is 108 Å². The van der Waals surface area contributed by atoms with Crippen LogP contribution in [0.3, 0.4) is 0 Å². The minimum Gasteiger partial charge on any atom is -0.309 e. The lowest BCUT2D eigenvalue weighted by Gasteiger charge is -2.18. The van der Waals surface area contributed by atoms with Crippen molar-refractivity contribution >= 4 is 9.84 Å². The third-order valence-electron chi connectivity index (χ3n) is 2.69. The molecule has 3 nitrogen and oxygen atoms in total. The predicted molar refractivity (Wildman–Crippen MR) is 71.9 cm³/mol. The Morgan fingerprint density at radius 2 is 2.06 bits per heavy atom. The third kappa shape index (κ3) is 4.74. The number of sulfone groups is 1. The summed E-state index contributed by atoms with van der Waals surface area (Å²) < 4.78 is 36.0. The van der Waals surface area contributed by atoms with E-state index >= 15 is 0 Å². The number of rotatable bonds is 6. The fraction of sp³-hybridized carbons (Fsp3) is 0.538. The van der Waals surface area contributed by atoms with Crippen molar-refractivity contribution in [3.05, 3.63) is 35.1 Å². The summed E-state index contributed by atoms with van der Waals surface area (Å²) in [5.41, 5.74) is 1.34. The van der Waals surface area contributed by atoms with Gasteiger partial charge in [0.05, 0.1) is 5.75 Å². The highest BCUT2D eigenvalue weighted by molar-refractivity contribution is 7.90. The first-order valence-electron chi connectivity index (χ1n) is 6.00. The van der Waals surface area contributed by atoms with Gasteiger partial charge >= 0.3 is 0 Å². The van der Waals surface area contributed by atoms with Gasteiger partial charge in [-0.2, -0.15) is 0 Å². The van der Waals surface area contributed by atoms with Crippen LogP contribution in [0.25, 0.3) is 0 Å². The lowest BCUT2D eigenvalue weighted by Crippen LogP contribution is -2.28. The second-order valence-corrected chi connectivity index (χ2v) is 6.79. The van der Waals surface area contributed by atoms with Crippen LogP contribution < -0.4 is 5.32 Å². The van der Waals surface area contributed by atoms with Gasteiger partial charge in [0.25, 0.3) is 0 Å². The highest BCUT2D eigenvalue weighted by Crippen LogP contribution is 2.18. The van der Waals surface area contributed by atoms with Gasteiger partial charge in [0, 0.05) is 12.3 Å². The molecule has 0 saturated carbocycles. The van der Waals surface area contributed by atoms with Crippen molar-refractivity contribution in [1.82, 2.24) is 5.32 Å². The van der Waals surface area contributed by atoms with Crippen LogP contribution in [0.4, 0.5) is 4.39 Å². The minimum atomic E-state index is -3.08. The quantitative estimate of drug-likeness (QED) is 0.864. The van der Waals surface area contributed by atoms with E-state index in [-0.39, 0.29) is 17.6 Å². The van der Waals surface area contributed by atoms with E-state index in [1.165, 1.54) is 12.3 Å². The van der Waals surface area contributed by atoms with Gasteiger partial charge in [0.15, 0.2) is 0 Å². The molecule has 0 fully saturated rings. The molecule has 0 saturated heterocycles. The van der Waals surface area contributed by atoms with Crippen molar-refractivity contribution < 1.29 is 12.8 Å². The Morgan fingerprint density at radius 1 is 1.39 bits per heavy atom. The second kappa shape index (κ2) is 6.29. The molecule has 0 radical (unpaired) electrons. The smallest absolute Gasteiger partial charge is 0.149 e. The highest BCUT2D eigenvalue weighted by Gasteiger charge is 2.17. The highest BCUT2D eigenvalue weighted by atomic mass is 32.2. The van der Waals surface area contributed by atoms with Crippen LogP contribution in [0.15, 0.2) is 18.2 Å². The average molecular weight is 273 g/mol. The number of benzene rings is 1. The Morgan fingerprint density at radius 3 is 2.56 bits per heavy atom. The Balaban J connectivity index is 2.97. The molecule has 5 heteroatoms. The standard InChI is InChI=1S/C13H20FNO2S/c1-4-7-15-13(9-18(3,16)17)11-5-6-12(14)10(2)8-11/h5-6,8,13,15H,4,7,9H2,1-3H3. The predicted octanol–water partition coefficient (Wildman–Crippen LogP) is 2.22. The summed E-state index contributed by atoms with van der Waals surface area (Å²) >= 11 is 0. The largest absolute Gasteiger partial charge is 0.309 e. The normalized spacial score (nSPS) is 13.6. The summed E-state index contributed by atoms with van der Waals surface area (Å²) in [6.45, 7) is 4.42. The van der Waals surface area contributed by atoms with E-state index < -0.39 is 9.84 Å². The van der Waals surface area contributed by atoms with Crippen molar-refractivity contribution in [1.29, 1.82) is 0 Å². The molecule has 0 spiro atoms. The molecule has 0 aromatic heterocycles. The summed E-state index contributed by atoms with van der Waals surface area (Å²) in [4.78, 5) is 0. The number of halogens is 1. The van der Waals surface area contributed by atoms with E-state index in [0.717, 1.165) is 18.5 Å². The topological polar surface area (TPSA) is 46.2 Å². The van der Waals surface area contributed by atoms with E-state index in [9.17, 15) is 12.8 Å². The van der Waals surface area contributed by atoms with Gasteiger partial charge < -0.3 is 5.32 Å². The van der Waals surface area contributed by atoms with E-state index in [2.05, 4.69) is 5.32 Å². The summed E-state index contributed by atoms with van der Waals surface area (Å²) in [6, 6.07) is 4.45. The third-order valence-corrected chi connectivity index (χ3v) is 3.63. The van der Waals surface area contributed by atoms with E-state index in [0.29, 0.717) is 5.56 Å². The Hall–Kier alpha value is -0.940. The zero-order chi connectivity index (χ0) is 13.8. The zero-order valence-corrected chi connectivity index (χ0v) is 11.8. The number of aryl methyl sites for hydroxylation is 1. The van der Waals surface area contributed by atoms with Crippen LogP contribution in [0, 0.1) is 12.7 Å². The first-order valence-corrected chi connectivity index (χ1v) is 8.06. The first kappa shape index (κ1) is 15.1. The molecule has 0 aliphatic heterocycles. The fourth-order valence-corrected chi connectivity index (χ4v) is 2.69. The van der Waals surface area contributed by atoms with E-state index in [1.54, 1.807) is 19.1 Å². The van der Waals surface area contributed by atoms with Crippen LogP contribution in [0.5, 0.6) is 0 Å². The molecule has 102 valence electrons. The molecule has 1 unspecified atom stereocenters. The van der Waals surface area contributed by atoms with E-state index in [4.69, 9.17) is 0 Å². The molecule has 1 aromatic carbocycles. The molecule has 0 aliphatic rings. The molecule has 0 aliphatic carbocycles. The van der Waals surface area contributed by atoms with Crippen LogP contribution in [-0.4, -0.2) is 27.0 Å². The van der Waals surface area contributed by atoms with Gasteiger partial charge in [0.1, 0.15) is 15.7 Å². The maximum Gasteiger partial charge on any atom is 0.149 e. The van der Waals surface area contributed by atoms with Gasteiger partial charge in [-0.1, -0.05) is 19.1 Å².